The molecule has 1 amide bonds. The van der Waals surface area contributed by atoms with Gasteiger partial charge in [0.25, 0.3) is 0 Å². The summed E-state index contributed by atoms with van der Waals surface area (Å²) in [6, 6.07) is 8.47. The predicted molar refractivity (Wildman–Crippen MR) is 107 cm³/mol. The van der Waals surface area contributed by atoms with Crippen LogP contribution in [-0.2, 0) is 11.2 Å². The molecule has 3 rings (SSSR count). The summed E-state index contributed by atoms with van der Waals surface area (Å²) >= 11 is 7.37. The lowest BCUT2D eigenvalue weighted by Gasteiger charge is -2.37. The highest BCUT2D eigenvalue weighted by Crippen LogP contribution is 2.24. The Hall–Kier alpha value is -1.66. The molecule has 140 valence electrons. The third-order valence-corrected chi connectivity index (χ3v) is 6.17. The molecule has 2 aromatic rings. The number of hydrogen-bond acceptors (Lipinski definition) is 5. The molecule has 1 aliphatic heterocycles. The second-order valence-electron chi connectivity index (χ2n) is 7.45. The molecule has 2 heterocycles. The van der Waals surface area contributed by atoms with Crippen LogP contribution in [0.3, 0.4) is 0 Å². The quantitative estimate of drug-likeness (QED) is 0.732. The van der Waals surface area contributed by atoms with E-state index >= 15 is 0 Å². The van der Waals surface area contributed by atoms with Crippen LogP contribution in [0.15, 0.2) is 24.3 Å². The monoisotopic (exact) mass is 392 g/mol. The van der Waals surface area contributed by atoms with Gasteiger partial charge in [0.15, 0.2) is 0 Å². The summed E-state index contributed by atoms with van der Waals surface area (Å²) in [5.74, 6) is 1.32. The number of hydrogen-bond donors (Lipinski definition) is 0. The molecule has 0 bridgehead atoms. The Morgan fingerprint density at radius 2 is 1.85 bits per heavy atom. The number of anilines is 1. The molecule has 1 aliphatic rings. The Labute approximate surface area is 164 Å². The van der Waals surface area contributed by atoms with Crippen LogP contribution in [0.1, 0.15) is 30.8 Å². The smallest absolute Gasteiger partial charge is 0.229 e. The molecule has 1 fully saturated rings. The van der Waals surface area contributed by atoms with Gasteiger partial charge in [-0.3, -0.25) is 4.79 Å². The third-order valence-electron chi connectivity index (χ3n) is 4.69. The van der Waals surface area contributed by atoms with Crippen molar-refractivity contribution in [1.82, 2.24) is 14.3 Å². The van der Waals surface area contributed by atoms with Crippen LogP contribution in [-0.4, -0.2) is 52.2 Å². The van der Waals surface area contributed by atoms with Gasteiger partial charge in [-0.25, -0.2) is 4.98 Å². The van der Waals surface area contributed by atoms with E-state index in [1.54, 1.807) is 0 Å². The standard InChI is InChI=1S/C19H25ClN4OS/c1-14-4-6-15(7-5-14)12-16-21-18(26-22-16)24-10-8-23(9-11-24)17(25)19(2,3)13-20/h4-7H,8-13H2,1-3H3. The lowest BCUT2D eigenvalue weighted by atomic mass is 9.94. The van der Waals surface area contributed by atoms with Gasteiger partial charge in [0.2, 0.25) is 11.0 Å². The van der Waals surface area contributed by atoms with Crippen molar-refractivity contribution < 1.29 is 4.79 Å². The molecule has 0 spiro atoms. The van der Waals surface area contributed by atoms with Gasteiger partial charge >= 0.3 is 0 Å². The summed E-state index contributed by atoms with van der Waals surface area (Å²) in [6.45, 7) is 8.85. The Bertz CT molecular complexity index is 751. The van der Waals surface area contributed by atoms with Crippen molar-refractivity contribution >= 4 is 34.2 Å². The number of benzene rings is 1. The van der Waals surface area contributed by atoms with Crippen molar-refractivity contribution in [3.63, 3.8) is 0 Å². The maximum absolute atomic E-state index is 12.5. The number of carbonyl (C=O) groups excluding carboxylic acids is 1. The number of piperazine rings is 1. The van der Waals surface area contributed by atoms with Crippen molar-refractivity contribution in [2.45, 2.75) is 27.2 Å². The van der Waals surface area contributed by atoms with Gasteiger partial charge in [0.1, 0.15) is 5.82 Å². The molecule has 0 N–H and O–H groups in total. The highest BCUT2D eigenvalue weighted by atomic mass is 35.5. The minimum Gasteiger partial charge on any atom is -0.343 e. The van der Waals surface area contributed by atoms with E-state index in [1.807, 2.05) is 18.7 Å². The number of amides is 1. The molecule has 5 nitrogen and oxygen atoms in total. The first-order valence-electron chi connectivity index (χ1n) is 8.87. The van der Waals surface area contributed by atoms with Crippen molar-refractivity contribution in [2.24, 2.45) is 5.41 Å². The average molecular weight is 393 g/mol. The summed E-state index contributed by atoms with van der Waals surface area (Å²) in [4.78, 5) is 21.3. The van der Waals surface area contributed by atoms with E-state index in [9.17, 15) is 4.79 Å². The molecule has 1 aromatic heterocycles. The summed E-state index contributed by atoms with van der Waals surface area (Å²) in [5.41, 5.74) is 1.97. The first kappa shape index (κ1) is 19.1. The van der Waals surface area contributed by atoms with E-state index in [0.717, 1.165) is 30.5 Å². The first-order chi connectivity index (χ1) is 12.4. The van der Waals surface area contributed by atoms with Gasteiger partial charge in [0.05, 0.1) is 5.41 Å². The summed E-state index contributed by atoms with van der Waals surface area (Å²) in [5, 5.41) is 0.941. The minimum absolute atomic E-state index is 0.129. The van der Waals surface area contributed by atoms with Crippen LogP contribution < -0.4 is 4.90 Å². The second-order valence-corrected chi connectivity index (χ2v) is 8.45. The van der Waals surface area contributed by atoms with Gasteiger partial charge in [-0.2, -0.15) is 4.37 Å². The molecule has 1 saturated heterocycles. The third kappa shape index (κ3) is 4.35. The van der Waals surface area contributed by atoms with Crippen LogP contribution in [0.25, 0.3) is 0 Å². The number of rotatable bonds is 5. The molecule has 0 unspecified atom stereocenters. The van der Waals surface area contributed by atoms with Crippen molar-refractivity contribution in [1.29, 1.82) is 0 Å². The molecular weight excluding hydrogens is 368 g/mol. The zero-order valence-electron chi connectivity index (χ0n) is 15.5. The van der Waals surface area contributed by atoms with E-state index in [0.29, 0.717) is 19.0 Å². The molecule has 0 saturated carbocycles. The van der Waals surface area contributed by atoms with Gasteiger partial charge in [-0.05, 0) is 26.3 Å². The van der Waals surface area contributed by atoms with E-state index in [4.69, 9.17) is 16.6 Å². The molecule has 0 radical (unpaired) electrons. The summed E-state index contributed by atoms with van der Waals surface area (Å²) in [6.07, 6.45) is 0.749. The summed E-state index contributed by atoms with van der Waals surface area (Å²) < 4.78 is 4.51. The van der Waals surface area contributed by atoms with Gasteiger partial charge < -0.3 is 9.80 Å². The van der Waals surface area contributed by atoms with Crippen LogP contribution in [0.2, 0.25) is 0 Å². The fourth-order valence-corrected chi connectivity index (χ4v) is 3.77. The van der Waals surface area contributed by atoms with E-state index < -0.39 is 5.41 Å². The Morgan fingerprint density at radius 3 is 2.46 bits per heavy atom. The van der Waals surface area contributed by atoms with Crippen LogP contribution in [0.5, 0.6) is 0 Å². The van der Waals surface area contributed by atoms with Gasteiger partial charge in [-0.15, -0.1) is 11.6 Å². The molecule has 1 aromatic carbocycles. The summed E-state index contributed by atoms with van der Waals surface area (Å²) in [7, 11) is 0. The maximum atomic E-state index is 12.5. The Balaban J connectivity index is 1.58. The number of halogens is 1. The van der Waals surface area contributed by atoms with Crippen molar-refractivity contribution in [3.05, 3.63) is 41.2 Å². The molecule has 0 aliphatic carbocycles. The fraction of sp³-hybridized carbons (Fsp3) is 0.526. The first-order valence-corrected chi connectivity index (χ1v) is 10.2. The van der Waals surface area contributed by atoms with Crippen molar-refractivity contribution in [2.75, 3.05) is 37.0 Å². The molecule has 26 heavy (non-hydrogen) atoms. The van der Waals surface area contributed by atoms with E-state index in [2.05, 4.69) is 40.5 Å². The lowest BCUT2D eigenvalue weighted by Crippen LogP contribution is -2.52. The second kappa shape index (κ2) is 7.92. The van der Waals surface area contributed by atoms with Crippen molar-refractivity contribution in [3.8, 4) is 0 Å². The lowest BCUT2D eigenvalue weighted by molar-refractivity contribution is -0.139. The van der Waals surface area contributed by atoms with Gasteiger partial charge in [-0.1, -0.05) is 29.8 Å². The van der Waals surface area contributed by atoms with Gasteiger partial charge in [0, 0.05) is 50.0 Å². The molecular formula is C19H25ClN4OS. The Morgan fingerprint density at radius 1 is 1.19 bits per heavy atom. The highest BCUT2D eigenvalue weighted by Gasteiger charge is 2.33. The van der Waals surface area contributed by atoms with Crippen LogP contribution >= 0.6 is 23.1 Å². The SMILES string of the molecule is Cc1ccc(Cc2nsc(N3CCN(C(=O)C(C)(C)CCl)CC3)n2)cc1. The fourth-order valence-electron chi connectivity index (χ4n) is 2.92. The molecule has 7 heteroatoms. The van der Waals surface area contributed by atoms with E-state index in [1.165, 1.54) is 22.7 Å². The number of aromatic nitrogens is 2. The average Bonchev–Trinajstić information content (AvgIpc) is 3.11. The zero-order chi connectivity index (χ0) is 18.7. The number of nitrogens with zero attached hydrogens (tertiary/aromatic N) is 4. The topological polar surface area (TPSA) is 49.3 Å². The predicted octanol–water partition coefficient (Wildman–Crippen LogP) is 3.35. The van der Waals surface area contributed by atoms with E-state index in [-0.39, 0.29) is 5.91 Å². The largest absolute Gasteiger partial charge is 0.343 e. The number of carbonyl (C=O) groups is 1. The minimum atomic E-state index is -0.506. The number of aryl methyl sites for hydroxylation is 1. The van der Waals surface area contributed by atoms with Crippen LogP contribution in [0.4, 0.5) is 5.13 Å². The normalized spacial score (nSPS) is 15.4. The van der Waals surface area contributed by atoms with Crippen LogP contribution in [0, 0.1) is 12.3 Å². The Kier molecular flexibility index (Phi) is 5.82. The molecule has 0 atom stereocenters. The number of alkyl halides is 1. The zero-order valence-corrected chi connectivity index (χ0v) is 17.1. The maximum Gasteiger partial charge on any atom is 0.229 e. The highest BCUT2D eigenvalue weighted by molar-refractivity contribution is 7.09.